The van der Waals surface area contributed by atoms with Crippen molar-refractivity contribution in [1.29, 1.82) is 5.41 Å². The lowest BCUT2D eigenvalue weighted by Gasteiger charge is -2.25. The maximum absolute atomic E-state index is 12.6. The van der Waals surface area contributed by atoms with Gasteiger partial charge in [-0.15, -0.1) is 0 Å². The molecule has 0 aliphatic heterocycles. The molecule has 0 aliphatic carbocycles. The molecule has 182 valence electrons. The van der Waals surface area contributed by atoms with Crippen molar-refractivity contribution in [3.05, 3.63) is 35.4 Å². The van der Waals surface area contributed by atoms with Crippen LogP contribution >= 0.6 is 0 Å². The molecule has 0 aromatic heterocycles. The summed E-state index contributed by atoms with van der Waals surface area (Å²) in [4.78, 5) is 48.5. The first-order valence-corrected chi connectivity index (χ1v) is 10.9. The Morgan fingerprint density at radius 1 is 1.06 bits per heavy atom. The van der Waals surface area contributed by atoms with Gasteiger partial charge in [0.05, 0.1) is 12.8 Å². The average molecular weight is 463 g/mol. The standard InChI is InChI=1S/C23H34N4O6/c1-15(2)14-27(12-11-21(30)31)20(29)13-18(23(32)33)26-19(28)6-4-3-5-16-7-9-17(10-8-16)22(24)25/h7-10,15,18H,3-6,11-14H2,1-2H3,(H3,24,25)(H,26,28)(H,30,31)(H,32,33)/t18-/m0/s1. The van der Waals surface area contributed by atoms with E-state index in [9.17, 15) is 24.3 Å². The van der Waals surface area contributed by atoms with Crippen LogP contribution in [0.3, 0.4) is 0 Å². The lowest BCUT2D eigenvalue weighted by atomic mass is 10.0. The second kappa shape index (κ2) is 13.9. The number of aliphatic carboxylic acids is 2. The molecule has 1 aromatic rings. The molecule has 1 aromatic carbocycles. The van der Waals surface area contributed by atoms with Crippen molar-refractivity contribution < 1.29 is 29.4 Å². The maximum atomic E-state index is 12.6. The molecule has 33 heavy (non-hydrogen) atoms. The second-order valence-electron chi connectivity index (χ2n) is 8.36. The first-order valence-electron chi connectivity index (χ1n) is 10.9. The van der Waals surface area contributed by atoms with Crippen LogP contribution in [0.1, 0.15) is 57.1 Å². The zero-order valence-electron chi connectivity index (χ0n) is 19.2. The van der Waals surface area contributed by atoms with E-state index >= 15 is 0 Å². The third-order valence-corrected chi connectivity index (χ3v) is 4.93. The quantitative estimate of drug-likeness (QED) is 0.149. The van der Waals surface area contributed by atoms with Crippen LogP contribution in [0.15, 0.2) is 24.3 Å². The summed E-state index contributed by atoms with van der Waals surface area (Å²) in [5.41, 5.74) is 7.11. The number of amides is 2. The fourth-order valence-electron chi connectivity index (χ4n) is 3.23. The van der Waals surface area contributed by atoms with E-state index < -0.39 is 36.2 Å². The molecule has 0 spiro atoms. The van der Waals surface area contributed by atoms with Gasteiger partial charge in [0.1, 0.15) is 11.9 Å². The van der Waals surface area contributed by atoms with Crippen molar-refractivity contribution in [3.63, 3.8) is 0 Å². The van der Waals surface area contributed by atoms with E-state index in [2.05, 4.69) is 5.32 Å². The number of carboxylic acids is 2. The third-order valence-electron chi connectivity index (χ3n) is 4.93. The van der Waals surface area contributed by atoms with Crippen LogP contribution in [0.5, 0.6) is 0 Å². The summed E-state index contributed by atoms with van der Waals surface area (Å²) in [7, 11) is 0. The number of carboxylic acid groups (broad SMARTS) is 2. The number of unbranched alkanes of at least 4 members (excludes halogenated alkanes) is 1. The number of carbonyl (C=O) groups is 4. The van der Waals surface area contributed by atoms with Crippen molar-refractivity contribution >= 4 is 29.6 Å². The molecule has 2 amide bonds. The molecule has 1 atom stereocenters. The molecule has 0 fully saturated rings. The maximum Gasteiger partial charge on any atom is 0.326 e. The summed E-state index contributed by atoms with van der Waals surface area (Å²) in [6, 6.07) is 5.89. The summed E-state index contributed by atoms with van der Waals surface area (Å²) >= 11 is 0. The van der Waals surface area contributed by atoms with Crippen LogP contribution < -0.4 is 11.1 Å². The molecule has 0 radical (unpaired) electrons. The molecule has 0 heterocycles. The molecule has 0 unspecified atom stereocenters. The zero-order valence-corrected chi connectivity index (χ0v) is 19.2. The Morgan fingerprint density at radius 2 is 1.70 bits per heavy atom. The Kier molecular flexibility index (Phi) is 11.6. The van der Waals surface area contributed by atoms with Crippen LogP contribution in [0.4, 0.5) is 0 Å². The zero-order chi connectivity index (χ0) is 25.0. The van der Waals surface area contributed by atoms with E-state index in [1.54, 1.807) is 12.1 Å². The molecule has 6 N–H and O–H groups in total. The Morgan fingerprint density at radius 3 is 2.21 bits per heavy atom. The highest BCUT2D eigenvalue weighted by Crippen LogP contribution is 2.10. The van der Waals surface area contributed by atoms with Gasteiger partial charge in [-0.3, -0.25) is 19.8 Å². The van der Waals surface area contributed by atoms with Crippen LogP contribution in [-0.4, -0.2) is 63.8 Å². The number of aryl methyl sites for hydroxylation is 1. The number of hydrogen-bond donors (Lipinski definition) is 5. The van der Waals surface area contributed by atoms with Gasteiger partial charge in [0.2, 0.25) is 11.8 Å². The first-order chi connectivity index (χ1) is 15.5. The summed E-state index contributed by atoms with van der Waals surface area (Å²) in [6.45, 7) is 4.03. The minimum absolute atomic E-state index is 0.00102. The van der Waals surface area contributed by atoms with Crippen LogP contribution in [0.2, 0.25) is 0 Å². The number of benzene rings is 1. The molecule has 0 saturated heterocycles. The Hall–Kier alpha value is -3.43. The fraction of sp³-hybridized carbons (Fsp3) is 0.522. The highest BCUT2D eigenvalue weighted by Gasteiger charge is 2.26. The molecule has 10 heteroatoms. The van der Waals surface area contributed by atoms with Crippen molar-refractivity contribution in [2.75, 3.05) is 13.1 Å². The molecule has 0 aliphatic rings. The van der Waals surface area contributed by atoms with Gasteiger partial charge in [-0.05, 0) is 30.7 Å². The lowest BCUT2D eigenvalue weighted by Crippen LogP contribution is -2.46. The predicted octanol–water partition coefficient (Wildman–Crippen LogP) is 1.60. The number of nitrogens with two attached hydrogens (primary N) is 1. The van der Waals surface area contributed by atoms with Gasteiger partial charge in [-0.25, -0.2) is 4.79 Å². The highest BCUT2D eigenvalue weighted by molar-refractivity contribution is 5.94. The number of amidine groups is 1. The van der Waals surface area contributed by atoms with Crippen LogP contribution in [-0.2, 0) is 25.6 Å². The Balaban J connectivity index is 2.52. The first kappa shape index (κ1) is 27.6. The fourth-order valence-corrected chi connectivity index (χ4v) is 3.23. The summed E-state index contributed by atoms with van der Waals surface area (Å²) in [5.74, 6) is -3.24. The van der Waals surface area contributed by atoms with Crippen LogP contribution in [0, 0.1) is 11.3 Å². The number of rotatable bonds is 15. The highest BCUT2D eigenvalue weighted by atomic mass is 16.4. The largest absolute Gasteiger partial charge is 0.481 e. The van der Waals surface area contributed by atoms with E-state index in [-0.39, 0.29) is 31.1 Å². The third kappa shape index (κ3) is 11.1. The second-order valence-corrected chi connectivity index (χ2v) is 8.36. The average Bonchev–Trinajstić information content (AvgIpc) is 2.73. The summed E-state index contributed by atoms with van der Waals surface area (Å²) in [5, 5.41) is 28.1. The van der Waals surface area contributed by atoms with E-state index in [1.165, 1.54) is 4.90 Å². The Labute approximate surface area is 193 Å². The molecular weight excluding hydrogens is 428 g/mol. The van der Waals surface area contributed by atoms with E-state index in [4.69, 9.17) is 16.2 Å². The van der Waals surface area contributed by atoms with Gasteiger partial charge < -0.3 is 26.2 Å². The molecule has 1 rings (SSSR count). The number of nitrogens with zero attached hydrogens (tertiary/aromatic N) is 1. The number of carbonyl (C=O) groups excluding carboxylic acids is 2. The van der Waals surface area contributed by atoms with Gasteiger partial charge in [-0.1, -0.05) is 38.1 Å². The topological polar surface area (TPSA) is 174 Å². The van der Waals surface area contributed by atoms with Gasteiger partial charge in [0.25, 0.3) is 0 Å². The summed E-state index contributed by atoms with van der Waals surface area (Å²) in [6.07, 6.45) is 1.42. The van der Waals surface area contributed by atoms with Crippen molar-refractivity contribution in [2.24, 2.45) is 11.7 Å². The number of hydrogen-bond acceptors (Lipinski definition) is 5. The monoisotopic (exact) mass is 462 g/mol. The molecule has 10 nitrogen and oxygen atoms in total. The molecular formula is C23H34N4O6. The predicted molar refractivity (Wildman–Crippen MR) is 123 cm³/mol. The van der Waals surface area contributed by atoms with Crippen molar-refractivity contribution in [1.82, 2.24) is 10.2 Å². The Bertz CT molecular complexity index is 838. The smallest absolute Gasteiger partial charge is 0.326 e. The SMILES string of the molecule is CC(C)CN(CCC(=O)O)C(=O)C[C@H](NC(=O)CCCCc1ccc(C(=N)N)cc1)C(=O)O. The van der Waals surface area contributed by atoms with Gasteiger partial charge in [0.15, 0.2) is 0 Å². The number of nitrogen functional groups attached to an aromatic ring is 1. The van der Waals surface area contributed by atoms with E-state index in [1.807, 2.05) is 26.0 Å². The van der Waals surface area contributed by atoms with E-state index in [0.29, 0.717) is 24.9 Å². The minimum Gasteiger partial charge on any atom is -0.481 e. The summed E-state index contributed by atoms with van der Waals surface area (Å²) < 4.78 is 0. The molecule has 0 saturated carbocycles. The lowest BCUT2D eigenvalue weighted by molar-refractivity contribution is -0.146. The van der Waals surface area contributed by atoms with Crippen molar-refractivity contribution in [2.45, 2.75) is 58.4 Å². The van der Waals surface area contributed by atoms with E-state index in [0.717, 1.165) is 12.0 Å². The number of nitrogens with one attached hydrogen (secondary N) is 2. The molecule has 0 bridgehead atoms. The minimum atomic E-state index is -1.37. The normalized spacial score (nSPS) is 11.6. The van der Waals surface area contributed by atoms with Gasteiger partial charge in [0, 0.05) is 25.1 Å². The van der Waals surface area contributed by atoms with Gasteiger partial charge in [-0.2, -0.15) is 0 Å². The van der Waals surface area contributed by atoms with Crippen molar-refractivity contribution in [3.8, 4) is 0 Å². The van der Waals surface area contributed by atoms with Gasteiger partial charge >= 0.3 is 11.9 Å². The van der Waals surface area contributed by atoms with Crippen LogP contribution in [0.25, 0.3) is 0 Å².